The van der Waals surface area contributed by atoms with Crippen LogP contribution in [0.25, 0.3) is 11.2 Å². The van der Waals surface area contributed by atoms with Gasteiger partial charge in [-0.1, -0.05) is 148 Å². The fraction of sp³-hybridized carbons (Fsp3) is 0.814. The molecule has 1 saturated heterocycles. The number of carbonyl (C=O) groups excluding carboxylic acids is 3. The van der Waals surface area contributed by atoms with E-state index in [4.69, 9.17) is 19.5 Å². The highest BCUT2D eigenvalue weighted by Gasteiger charge is 2.50. The molecule has 24 nitrogen and oxygen atoms in total. The molecular weight excluding hydrogens is 1010 g/mol. The molecule has 0 saturated carbocycles. The molecule has 0 aromatic carbocycles. The number of phosphoric ester groups is 3. The van der Waals surface area contributed by atoms with Crippen molar-refractivity contribution in [3.05, 3.63) is 12.7 Å². The summed E-state index contributed by atoms with van der Waals surface area (Å²) in [6.45, 7) is 2.85. The molecule has 0 bridgehead atoms. The molecule has 0 aliphatic carbocycles. The van der Waals surface area contributed by atoms with Crippen molar-refractivity contribution in [2.24, 2.45) is 5.41 Å². The molecule has 1 fully saturated rings. The molecule has 28 heteroatoms. The van der Waals surface area contributed by atoms with Gasteiger partial charge in [-0.25, -0.2) is 28.6 Å². The minimum Gasteiger partial charge on any atom is -0.386 e. The van der Waals surface area contributed by atoms with Gasteiger partial charge in [-0.2, -0.15) is 4.31 Å². The normalized spacial score (nSPS) is 19.6. The number of thioether (sulfide) groups is 1. The number of hydrogen-bond acceptors (Lipinski definition) is 18. The number of aliphatic hydroxyl groups is 2. The number of anilines is 1. The maximum atomic E-state index is 12.8. The number of aliphatic hydroxyl groups excluding tert-OH is 2. The van der Waals surface area contributed by atoms with E-state index in [0.717, 1.165) is 48.2 Å². The zero-order valence-electron chi connectivity index (χ0n) is 41.2. The van der Waals surface area contributed by atoms with Crippen LogP contribution in [0.2, 0.25) is 0 Å². The number of ether oxygens (including phenoxy) is 1. The lowest BCUT2D eigenvalue weighted by atomic mass is 9.87. The molecular formula is C43H78N7O17P3S. The van der Waals surface area contributed by atoms with Crippen molar-refractivity contribution in [2.75, 3.05) is 37.8 Å². The number of amides is 2. The maximum Gasteiger partial charge on any atom is 0.481 e. The van der Waals surface area contributed by atoms with E-state index in [9.17, 15) is 57.9 Å². The highest BCUT2D eigenvalue weighted by Crippen LogP contribution is 2.61. The van der Waals surface area contributed by atoms with Gasteiger partial charge in [0.05, 0.1) is 19.5 Å². The average Bonchev–Trinajstić information content (AvgIpc) is 3.86. The van der Waals surface area contributed by atoms with Crippen LogP contribution in [0.5, 0.6) is 0 Å². The monoisotopic (exact) mass is 1090 g/mol. The Morgan fingerprint density at radius 2 is 1.35 bits per heavy atom. The van der Waals surface area contributed by atoms with Gasteiger partial charge in [0.15, 0.2) is 22.8 Å². The SMILES string of the molecule is CCCCCCCCCCCCCCCCCCCCCC(=O)SCCNC(=O)CCNC(=O)C(O)C(C)(C)COP(=O)(O)OP(=O)(O)OC[C@H]1O[C@@H](n2cnc3c(N)ncnc32)[C@H](O)[C@@H]1OP(=O)(O)O. The van der Waals surface area contributed by atoms with Crippen LogP contribution in [0.15, 0.2) is 12.7 Å². The van der Waals surface area contributed by atoms with Crippen molar-refractivity contribution in [3.8, 4) is 0 Å². The van der Waals surface area contributed by atoms with Crippen molar-refractivity contribution in [3.63, 3.8) is 0 Å². The first-order chi connectivity index (χ1) is 33.6. The number of carbonyl (C=O) groups is 3. The molecule has 71 heavy (non-hydrogen) atoms. The maximum absolute atomic E-state index is 12.8. The summed E-state index contributed by atoms with van der Waals surface area (Å²) in [7, 11) is -16.4. The summed E-state index contributed by atoms with van der Waals surface area (Å²) in [4.78, 5) is 88.5. The molecule has 0 spiro atoms. The molecule has 3 rings (SSSR count). The van der Waals surface area contributed by atoms with Gasteiger partial charge in [0, 0.05) is 37.1 Å². The van der Waals surface area contributed by atoms with E-state index in [1.165, 1.54) is 117 Å². The fourth-order valence-electron chi connectivity index (χ4n) is 7.71. The number of aromatic nitrogens is 4. The Bertz CT molecular complexity index is 2070. The van der Waals surface area contributed by atoms with Crippen LogP contribution in [0.4, 0.5) is 5.82 Å². The Labute approximate surface area is 420 Å². The minimum atomic E-state index is -5.58. The third kappa shape index (κ3) is 24.6. The number of hydrogen-bond donors (Lipinski definition) is 9. The van der Waals surface area contributed by atoms with E-state index in [0.29, 0.717) is 12.2 Å². The number of nitrogens with zero attached hydrogens (tertiary/aromatic N) is 4. The average molecular weight is 1090 g/mol. The van der Waals surface area contributed by atoms with Gasteiger partial charge in [-0.3, -0.25) is 32.5 Å². The number of nitrogens with one attached hydrogen (secondary N) is 2. The van der Waals surface area contributed by atoms with Crippen molar-refractivity contribution in [1.29, 1.82) is 0 Å². The topological polar surface area (TPSA) is 364 Å². The standard InChI is InChI=1S/C43H78N7O17P3S/c1-4-5-6-7-8-9-10-11-12-13-14-15-16-17-18-19-20-21-22-23-34(52)71-27-26-45-33(51)24-25-46-41(55)38(54)43(2,3)29-64-70(61,62)67-69(59,60)63-28-32-37(66-68(56,57)58)36(53)42(65-32)50-31-49-35-39(44)47-30-48-40(35)50/h30-32,36-38,42,53-54H,4-29H2,1-3H3,(H,45,51)(H,46,55)(H,59,60)(H,61,62)(H2,44,47,48)(H2,56,57,58)/t32-,36-,37-,38?,42-/m1/s1. The molecule has 1 aliphatic rings. The Hall–Kier alpha value is -2.44. The number of imidazole rings is 1. The summed E-state index contributed by atoms with van der Waals surface area (Å²) < 4.78 is 62.5. The predicted octanol–water partition coefficient (Wildman–Crippen LogP) is 6.49. The van der Waals surface area contributed by atoms with Crippen molar-refractivity contribution >= 4 is 69.1 Å². The molecule has 0 radical (unpaired) electrons. The molecule has 2 aromatic rings. The molecule has 3 heterocycles. The van der Waals surface area contributed by atoms with Crippen LogP contribution in [-0.2, 0) is 50.7 Å². The van der Waals surface area contributed by atoms with E-state index in [1.807, 2.05) is 0 Å². The summed E-state index contributed by atoms with van der Waals surface area (Å²) in [5.74, 6) is -1.01. The fourth-order valence-corrected chi connectivity index (χ4v) is 11.3. The van der Waals surface area contributed by atoms with Crippen LogP contribution in [-0.4, -0.2) is 123 Å². The number of unbranched alkanes of at least 4 members (excludes halogenated alkanes) is 18. The summed E-state index contributed by atoms with van der Waals surface area (Å²) in [5, 5.41) is 26.7. The molecule has 10 N–H and O–H groups in total. The van der Waals surface area contributed by atoms with E-state index in [1.54, 1.807) is 0 Å². The second kappa shape index (κ2) is 32.1. The Morgan fingerprint density at radius 3 is 1.92 bits per heavy atom. The van der Waals surface area contributed by atoms with Gasteiger partial charge in [0.2, 0.25) is 11.8 Å². The van der Waals surface area contributed by atoms with Crippen LogP contribution >= 0.6 is 35.2 Å². The largest absolute Gasteiger partial charge is 0.481 e. The van der Waals surface area contributed by atoms with E-state index >= 15 is 0 Å². The van der Waals surface area contributed by atoms with E-state index in [2.05, 4.69) is 41.3 Å². The lowest BCUT2D eigenvalue weighted by molar-refractivity contribution is -0.137. The highest BCUT2D eigenvalue weighted by molar-refractivity contribution is 8.13. The zero-order valence-corrected chi connectivity index (χ0v) is 44.7. The highest BCUT2D eigenvalue weighted by atomic mass is 32.2. The smallest absolute Gasteiger partial charge is 0.386 e. The quantitative estimate of drug-likeness (QED) is 0.0255. The second-order valence-corrected chi connectivity index (χ2v) is 23.8. The van der Waals surface area contributed by atoms with Gasteiger partial charge in [0.1, 0.15) is 36.3 Å². The number of nitrogens with two attached hydrogens (primary N) is 1. The van der Waals surface area contributed by atoms with Crippen molar-refractivity contribution in [1.82, 2.24) is 30.2 Å². The van der Waals surface area contributed by atoms with Crippen LogP contribution in [0.1, 0.15) is 162 Å². The first kappa shape index (κ1) is 62.9. The molecule has 1 aliphatic heterocycles. The number of nitrogen functional groups attached to an aromatic ring is 1. The van der Waals surface area contributed by atoms with Gasteiger partial charge in [-0.15, -0.1) is 0 Å². The number of rotatable bonds is 39. The third-order valence-electron chi connectivity index (χ3n) is 11.7. The summed E-state index contributed by atoms with van der Waals surface area (Å²) in [6, 6.07) is 0. The molecule has 7 atom stereocenters. The molecule has 408 valence electrons. The predicted molar refractivity (Wildman–Crippen MR) is 265 cm³/mol. The Kier molecular flexibility index (Phi) is 28.4. The first-order valence-electron chi connectivity index (χ1n) is 24.6. The zero-order chi connectivity index (χ0) is 52.5. The Balaban J connectivity index is 1.24. The lowest BCUT2D eigenvalue weighted by Gasteiger charge is -2.30. The van der Waals surface area contributed by atoms with Gasteiger partial charge >= 0.3 is 23.5 Å². The summed E-state index contributed by atoms with van der Waals surface area (Å²) in [5.41, 5.74) is 4.30. The molecule has 3 unspecified atom stereocenters. The number of phosphoric acid groups is 3. The summed E-state index contributed by atoms with van der Waals surface area (Å²) in [6.07, 6.45) is 18.0. The van der Waals surface area contributed by atoms with Crippen LogP contribution in [0, 0.1) is 5.41 Å². The van der Waals surface area contributed by atoms with E-state index in [-0.39, 0.29) is 41.6 Å². The van der Waals surface area contributed by atoms with Crippen LogP contribution in [0.3, 0.4) is 0 Å². The Morgan fingerprint density at radius 1 is 0.803 bits per heavy atom. The third-order valence-corrected chi connectivity index (χ3v) is 15.8. The minimum absolute atomic E-state index is 0.0344. The van der Waals surface area contributed by atoms with Gasteiger partial charge < -0.3 is 50.9 Å². The van der Waals surface area contributed by atoms with Crippen molar-refractivity contribution < 1.29 is 80.5 Å². The van der Waals surface area contributed by atoms with Gasteiger partial charge in [0.25, 0.3) is 0 Å². The lowest BCUT2D eigenvalue weighted by Crippen LogP contribution is -2.46. The van der Waals surface area contributed by atoms with Crippen molar-refractivity contribution in [2.45, 2.75) is 186 Å². The second-order valence-electron chi connectivity index (χ2n) is 18.4. The molecule has 2 aromatic heterocycles. The van der Waals surface area contributed by atoms with E-state index < -0.39 is 84.6 Å². The number of fused-ring (bicyclic) bond motifs is 1. The first-order valence-corrected chi connectivity index (χ1v) is 30.1. The summed E-state index contributed by atoms with van der Waals surface area (Å²) >= 11 is 1.16. The van der Waals surface area contributed by atoms with Gasteiger partial charge in [-0.05, 0) is 6.42 Å². The van der Waals surface area contributed by atoms with Crippen LogP contribution < -0.4 is 16.4 Å². The molecule has 2 amide bonds.